The van der Waals surface area contributed by atoms with Crippen molar-refractivity contribution in [2.45, 2.75) is 19.5 Å². The first-order valence-corrected chi connectivity index (χ1v) is 13.8. The van der Waals surface area contributed by atoms with Gasteiger partial charge in [-0.1, -0.05) is 0 Å². The molecule has 13 heteroatoms. The lowest BCUT2D eigenvalue weighted by Gasteiger charge is -2.33. The quantitative estimate of drug-likeness (QED) is 0.318. The topological polar surface area (TPSA) is 125 Å². The minimum Gasteiger partial charge on any atom is -0.366 e. The van der Waals surface area contributed by atoms with E-state index >= 15 is 4.39 Å². The third-order valence-electron chi connectivity index (χ3n) is 6.46. The molecule has 10 nitrogen and oxygen atoms in total. The van der Waals surface area contributed by atoms with Gasteiger partial charge in [0, 0.05) is 66.3 Å². The molecular formula is C26H22FN9OS2. The highest BCUT2D eigenvalue weighted by Gasteiger charge is 2.20. The number of anilines is 3. The zero-order valence-corrected chi connectivity index (χ0v) is 22.4. The van der Waals surface area contributed by atoms with E-state index in [1.54, 1.807) is 30.7 Å². The molecule has 39 heavy (non-hydrogen) atoms. The van der Waals surface area contributed by atoms with Crippen LogP contribution in [0.25, 0.3) is 20.9 Å². The lowest BCUT2D eigenvalue weighted by atomic mass is 10.2. The molecule has 1 aliphatic rings. The number of thiazole rings is 1. The van der Waals surface area contributed by atoms with Crippen LogP contribution in [0.5, 0.6) is 0 Å². The predicted octanol–water partition coefficient (Wildman–Crippen LogP) is 3.97. The van der Waals surface area contributed by atoms with Gasteiger partial charge >= 0.3 is 0 Å². The van der Waals surface area contributed by atoms with Crippen molar-refractivity contribution in [1.29, 1.82) is 5.26 Å². The number of nitrogens with one attached hydrogen (secondary N) is 2. The highest BCUT2D eigenvalue weighted by Crippen LogP contribution is 2.30. The Labute approximate surface area is 230 Å². The van der Waals surface area contributed by atoms with Gasteiger partial charge in [-0.3, -0.25) is 9.36 Å². The molecule has 6 rings (SSSR count). The summed E-state index contributed by atoms with van der Waals surface area (Å²) in [4.78, 5) is 29.4. The molecule has 5 aromatic rings. The number of rotatable bonds is 6. The smallest absolute Gasteiger partial charge is 0.270 e. The molecule has 0 saturated carbocycles. The minimum atomic E-state index is -0.466. The number of hydrogen-bond donors (Lipinski definition) is 2. The van der Waals surface area contributed by atoms with E-state index in [0.717, 1.165) is 35.1 Å². The normalized spacial score (nSPS) is 15.4. The van der Waals surface area contributed by atoms with E-state index in [1.165, 1.54) is 39.6 Å². The molecule has 1 saturated heterocycles. The summed E-state index contributed by atoms with van der Waals surface area (Å²) in [5, 5.41) is 19.2. The molecule has 1 unspecified atom stereocenters. The maximum absolute atomic E-state index is 15.1. The van der Waals surface area contributed by atoms with Gasteiger partial charge in [0.25, 0.3) is 5.56 Å². The molecule has 0 radical (unpaired) electrons. The molecule has 1 fully saturated rings. The average molecular weight is 560 g/mol. The molecule has 0 spiro atoms. The number of halogens is 1. The van der Waals surface area contributed by atoms with E-state index in [-0.39, 0.29) is 29.9 Å². The maximum Gasteiger partial charge on any atom is 0.270 e. The van der Waals surface area contributed by atoms with Crippen LogP contribution >= 0.6 is 22.9 Å². The van der Waals surface area contributed by atoms with Gasteiger partial charge in [0.1, 0.15) is 28.1 Å². The Balaban J connectivity index is 1.34. The fourth-order valence-electron chi connectivity index (χ4n) is 4.62. The van der Waals surface area contributed by atoms with Gasteiger partial charge in [-0.25, -0.2) is 18.7 Å². The summed E-state index contributed by atoms with van der Waals surface area (Å²) in [6.07, 6.45) is 4.95. The fourth-order valence-corrected chi connectivity index (χ4v) is 6.14. The fraction of sp³-hybridized carbons (Fsp3) is 0.231. The maximum atomic E-state index is 15.1. The summed E-state index contributed by atoms with van der Waals surface area (Å²) in [6, 6.07) is 8.67. The van der Waals surface area contributed by atoms with E-state index < -0.39 is 5.56 Å². The summed E-state index contributed by atoms with van der Waals surface area (Å²) >= 11 is 2.78. The Bertz CT molecular complexity index is 1760. The van der Waals surface area contributed by atoms with Crippen molar-refractivity contribution < 1.29 is 4.39 Å². The van der Waals surface area contributed by atoms with E-state index in [9.17, 15) is 10.1 Å². The van der Waals surface area contributed by atoms with Gasteiger partial charge in [-0.05, 0) is 42.7 Å². The summed E-state index contributed by atoms with van der Waals surface area (Å²) in [5.41, 5.74) is 1.69. The lowest BCUT2D eigenvalue weighted by Crippen LogP contribution is -2.49. The molecule has 0 amide bonds. The molecular weight excluding hydrogens is 537 g/mol. The van der Waals surface area contributed by atoms with Crippen LogP contribution < -0.4 is 21.1 Å². The second kappa shape index (κ2) is 10.5. The van der Waals surface area contributed by atoms with E-state index in [2.05, 4.69) is 36.9 Å². The van der Waals surface area contributed by atoms with Crippen LogP contribution in [0.3, 0.4) is 0 Å². The Morgan fingerprint density at radius 1 is 1.28 bits per heavy atom. The van der Waals surface area contributed by atoms with Gasteiger partial charge < -0.3 is 15.5 Å². The number of hydrogen-bond acceptors (Lipinski definition) is 11. The number of aromatic nitrogens is 5. The number of nitrogens with zero attached hydrogens (tertiary/aromatic N) is 7. The third-order valence-corrected chi connectivity index (χ3v) is 8.23. The molecule has 1 aliphatic heterocycles. The molecule has 0 bridgehead atoms. The molecule has 1 atom stereocenters. The summed E-state index contributed by atoms with van der Waals surface area (Å²) in [7, 11) is 0. The van der Waals surface area contributed by atoms with Gasteiger partial charge in [0.2, 0.25) is 5.95 Å². The molecule has 2 N–H and O–H groups in total. The van der Waals surface area contributed by atoms with Gasteiger partial charge in [-0.2, -0.15) is 10.2 Å². The first-order chi connectivity index (χ1) is 19.0. The molecule has 196 valence electrons. The number of pyridine rings is 1. The van der Waals surface area contributed by atoms with Crippen molar-refractivity contribution in [2.75, 3.05) is 29.9 Å². The Morgan fingerprint density at radius 3 is 2.95 bits per heavy atom. The summed E-state index contributed by atoms with van der Waals surface area (Å²) in [5.74, 6) is -0.142. The number of nitriles is 1. The molecule has 4 aromatic heterocycles. The largest absolute Gasteiger partial charge is 0.366 e. The summed E-state index contributed by atoms with van der Waals surface area (Å²) < 4.78 is 20.8. The van der Waals surface area contributed by atoms with Crippen molar-refractivity contribution >= 4 is 51.2 Å². The van der Waals surface area contributed by atoms with Crippen LogP contribution in [0.2, 0.25) is 0 Å². The summed E-state index contributed by atoms with van der Waals surface area (Å²) in [6.45, 7) is 4.48. The van der Waals surface area contributed by atoms with Crippen molar-refractivity contribution in [3.63, 3.8) is 0 Å². The lowest BCUT2D eigenvalue weighted by molar-refractivity contribution is 0.478. The first-order valence-electron chi connectivity index (χ1n) is 12.2. The third kappa shape index (κ3) is 4.97. The van der Waals surface area contributed by atoms with E-state index in [0.29, 0.717) is 22.4 Å². The Hall–Kier alpha value is -4.25. The highest BCUT2D eigenvalue weighted by molar-refractivity contribution is 7.18. The van der Waals surface area contributed by atoms with Crippen LogP contribution in [0, 0.1) is 17.1 Å². The van der Waals surface area contributed by atoms with Gasteiger partial charge in [0.05, 0.1) is 17.1 Å². The number of piperazine rings is 1. The zero-order valence-electron chi connectivity index (χ0n) is 20.8. The monoisotopic (exact) mass is 559 g/mol. The zero-order chi connectivity index (χ0) is 26.9. The number of benzene rings is 1. The molecule has 5 heterocycles. The predicted molar refractivity (Wildman–Crippen MR) is 150 cm³/mol. The van der Waals surface area contributed by atoms with Crippen molar-refractivity contribution in [3.05, 3.63) is 75.5 Å². The minimum absolute atomic E-state index is 0.00862. The van der Waals surface area contributed by atoms with Crippen molar-refractivity contribution in [1.82, 2.24) is 29.2 Å². The average Bonchev–Trinajstić information content (AvgIpc) is 3.62. The second-order valence-corrected chi connectivity index (χ2v) is 10.8. The van der Waals surface area contributed by atoms with Crippen LogP contribution in [-0.2, 0) is 6.54 Å². The van der Waals surface area contributed by atoms with Crippen LogP contribution in [0.15, 0.2) is 53.0 Å². The second-order valence-electron chi connectivity index (χ2n) is 9.14. The van der Waals surface area contributed by atoms with Gasteiger partial charge in [-0.15, -0.1) is 11.3 Å². The van der Waals surface area contributed by atoms with Crippen LogP contribution in [0.1, 0.15) is 18.1 Å². The SMILES string of the molecule is CC1CN(c2ccc(Nc3ncc4cc(C#N)c(=O)n(Cc5cnsc5-c5nccs5)c4n3)cc2F)CCN1. The Morgan fingerprint density at radius 2 is 2.18 bits per heavy atom. The standard InChI is InChI=1S/C26H22FN9OS2/c1-15-13-35(6-4-29-15)21-3-2-19(9-20(21)27)33-26-31-11-17-8-16(10-28)25(37)36(23(17)34-26)14-18-12-32-39-22(18)24-30-5-7-38-24/h2-3,5,7-9,11-12,15,29H,4,6,13-14H2,1H3,(H,31,33,34). The number of fused-ring (bicyclic) bond motifs is 1. The molecule has 0 aliphatic carbocycles. The highest BCUT2D eigenvalue weighted by atomic mass is 32.1. The first kappa shape index (κ1) is 25.1. The van der Waals surface area contributed by atoms with E-state index in [1.807, 2.05) is 16.3 Å². The van der Waals surface area contributed by atoms with Crippen LogP contribution in [-0.4, -0.2) is 49.6 Å². The van der Waals surface area contributed by atoms with Crippen LogP contribution in [0.4, 0.5) is 21.7 Å². The van der Waals surface area contributed by atoms with Crippen molar-refractivity contribution in [2.24, 2.45) is 0 Å². The van der Waals surface area contributed by atoms with E-state index in [4.69, 9.17) is 0 Å². The molecule has 1 aromatic carbocycles. The Kier molecular flexibility index (Phi) is 6.74. The van der Waals surface area contributed by atoms with Gasteiger partial charge in [0.15, 0.2) is 0 Å². The van der Waals surface area contributed by atoms with Crippen molar-refractivity contribution in [3.8, 4) is 16.0 Å².